The number of rotatable bonds is 1. The molecular weight excluding hydrogens is 214 g/mol. The van der Waals surface area contributed by atoms with Crippen LogP contribution in [-0.4, -0.2) is 15.1 Å². The number of imidazole rings is 1. The number of allylic oxidation sites excluding steroid dienone is 1. The summed E-state index contributed by atoms with van der Waals surface area (Å²) in [4.78, 5) is 11.3. The Hall–Kier alpha value is -2.36. The van der Waals surface area contributed by atoms with Crippen molar-refractivity contribution in [2.45, 2.75) is 6.92 Å². The lowest BCUT2D eigenvalue weighted by Crippen LogP contribution is -2.19. The molecule has 0 saturated heterocycles. The highest BCUT2D eigenvalue weighted by molar-refractivity contribution is 5.65. The fourth-order valence-electron chi connectivity index (χ4n) is 1.86. The number of aromatic hydroxyl groups is 1. The number of H-pyrrole nitrogens is 1. The third kappa shape index (κ3) is 1.73. The first-order chi connectivity index (χ1) is 8.22. The molecule has 1 aliphatic heterocycles. The van der Waals surface area contributed by atoms with E-state index >= 15 is 0 Å². The van der Waals surface area contributed by atoms with Crippen LogP contribution in [0.25, 0.3) is 12.2 Å². The monoisotopic (exact) mass is 225 g/mol. The van der Waals surface area contributed by atoms with E-state index in [4.69, 9.17) is 0 Å². The molecule has 0 atom stereocenters. The Bertz CT molecular complexity index is 688. The van der Waals surface area contributed by atoms with Crippen LogP contribution >= 0.6 is 0 Å². The van der Waals surface area contributed by atoms with Crippen molar-refractivity contribution in [1.82, 2.24) is 9.97 Å². The smallest absolute Gasteiger partial charge is 0.237 e. The van der Waals surface area contributed by atoms with Gasteiger partial charge in [0.15, 0.2) is 0 Å². The molecule has 0 unspecified atom stereocenters. The van der Waals surface area contributed by atoms with Crippen LogP contribution in [0, 0.1) is 6.92 Å². The molecule has 0 saturated carbocycles. The normalized spacial score (nSPS) is 15.5. The minimum Gasteiger partial charge on any atom is -0.492 e. The van der Waals surface area contributed by atoms with E-state index in [1.165, 1.54) is 0 Å². The molecule has 17 heavy (non-hydrogen) atoms. The molecule has 0 amide bonds. The molecule has 0 spiro atoms. The van der Waals surface area contributed by atoms with E-state index in [2.05, 4.69) is 15.0 Å². The molecule has 1 aromatic carbocycles. The van der Waals surface area contributed by atoms with Gasteiger partial charge in [0.1, 0.15) is 11.5 Å². The summed E-state index contributed by atoms with van der Waals surface area (Å²) in [6.45, 7) is 1.80. The molecule has 4 heteroatoms. The van der Waals surface area contributed by atoms with Gasteiger partial charge >= 0.3 is 0 Å². The highest BCUT2D eigenvalue weighted by Gasteiger charge is 2.06. The lowest BCUT2D eigenvalue weighted by molar-refractivity contribution is 0.454. The zero-order valence-electron chi connectivity index (χ0n) is 9.31. The van der Waals surface area contributed by atoms with Crippen molar-refractivity contribution < 1.29 is 5.11 Å². The summed E-state index contributed by atoms with van der Waals surface area (Å²) in [6, 6.07) is 7.91. The number of benzene rings is 1. The Morgan fingerprint density at radius 3 is 2.82 bits per heavy atom. The first-order valence-electron chi connectivity index (χ1n) is 5.35. The predicted molar refractivity (Wildman–Crippen MR) is 64.7 cm³/mol. The third-order valence-electron chi connectivity index (χ3n) is 2.61. The number of hydrogen-bond acceptors (Lipinski definition) is 3. The molecule has 2 heterocycles. The summed E-state index contributed by atoms with van der Waals surface area (Å²) in [6.07, 6.45) is 3.76. The number of aromatic amines is 1. The summed E-state index contributed by atoms with van der Waals surface area (Å²) in [7, 11) is 0. The van der Waals surface area contributed by atoms with E-state index in [1.807, 2.05) is 30.3 Å². The molecule has 1 aromatic heterocycles. The van der Waals surface area contributed by atoms with Crippen molar-refractivity contribution >= 4 is 12.2 Å². The number of para-hydroxylation sites is 1. The minimum absolute atomic E-state index is 0.00885. The van der Waals surface area contributed by atoms with Gasteiger partial charge in [-0.05, 0) is 25.1 Å². The summed E-state index contributed by atoms with van der Waals surface area (Å²) in [5, 5.41) is 11.6. The summed E-state index contributed by atoms with van der Waals surface area (Å²) in [5.41, 5.74) is 1.40. The van der Waals surface area contributed by atoms with Gasteiger partial charge in [-0.3, -0.25) is 0 Å². The van der Waals surface area contributed by atoms with Crippen LogP contribution in [-0.2, 0) is 0 Å². The van der Waals surface area contributed by atoms with Crippen LogP contribution in [0.5, 0.6) is 5.88 Å². The van der Waals surface area contributed by atoms with Gasteiger partial charge in [-0.2, -0.15) is 4.98 Å². The number of nitrogens with one attached hydrogen (secondary N) is 1. The molecule has 1 aliphatic rings. The second-order valence-corrected chi connectivity index (χ2v) is 3.94. The summed E-state index contributed by atoms with van der Waals surface area (Å²) < 4.78 is 0. The molecule has 84 valence electrons. The van der Waals surface area contributed by atoms with E-state index in [0.717, 1.165) is 16.3 Å². The molecule has 0 radical (unpaired) electrons. The van der Waals surface area contributed by atoms with Gasteiger partial charge in [0, 0.05) is 5.22 Å². The van der Waals surface area contributed by atoms with Gasteiger partial charge in [-0.25, -0.2) is 4.99 Å². The first-order valence-corrected chi connectivity index (χ1v) is 5.35. The van der Waals surface area contributed by atoms with Crippen LogP contribution in [0.4, 0.5) is 0 Å². The summed E-state index contributed by atoms with van der Waals surface area (Å²) >= 11 is 0. The average Bonchev–Trinajstić information content (AvgIpc) is 2.82. The first kappa shape index (κ1) is 9.84. The van der Waals surface area contributed by atoms with Gasteiger partial charge in [0.25, 0.3) is 0 Å². The van der Waals surface area contributed by atoms with E-state index in [-0.39, 0.29) is 5.88 Å². The predicted octanol–water partition coefficient (Wildman–Crippen LogP) is 0.879. The molecule has 2 N–H and O–H groups in total. The minimum atomic E-state index is 0.00885. The fraction of sp³-hybridized carbons (Fsp3) is 0.0769. The maximum Gasteiger partial charge on any atom is 0.237 e. The maximum absolute atomic E-state index is 9.57. The van der Waals surface area contributed by atoms with Crippen molar-refractivity contribution in [2.75, 3.05) is 0 Å². The third-order valence-corrected chi connectivity index (χ3v) is 2.61. The Morgan fingerprint density at radius 1 is 1.29 bits per heavy atom. The Kier molecular flexibility index (Phi) is 2.08. The van der Waals surface area contributed by atoms with Crippen molar-refractivity contribution in [3.63, 3.8) is 0 Å². The van der Waals surface area contributed by atoms with Crippen molar-refractivity contribution in [2.24, 2.45) is 4.99 Å². The number of fused-ring (bicyclic) bond motifs is 1. The SMILES string of the molecule is Cc1nc(O)c(/C=C2\C=c3ccccc3=N2)[nH]1. The Morgan fingerprint density at radius 2 is 2.12 bits per heavy atom. The zero-order valence-corrected chi connectivity index (χ0v) is 9.31. The topological polar surface area (TPSA) is 61.3 Å². The largest absolute Gasteiger partial charge is 0.492 e. The molecule has 0 bridgehead atoms. The number of nitrogens with zero attached hydrogens (tertiary/aromatic N) is 2. The van der Waals surface area contributed by atoms with Crippen molar-refractivity contribution in [3.05, 3.63) is 52.1 Å². The van der Waals surface area contributed by atoms with Gasteiger partial charge in [-0.1, -0.05) is 18.2 Å². The van der Waals surface area contributed by atoms with Gasteiger partial charge < -0.3 is 10.1 Å². The highest BCUT2D eigenvalue weighted by Crippen LogP contribution is 2.17. The van der Waals surface area contributed by atoms with E-state index in [9.17, 15) is 5.11 Å². The van der Waals surface area contributed by atoms with Crippen LogP contribution in [0.3, 0.4) is 0 Å². The summed E-state index contributed by atoms with van der Waals surface area (Å²) in [5.74, 6) is 0.694. The molecular formula is C13H11N3O. The number of hydrogen-bond donors (Lipinski definition) is 2. The maximum atomic E-state index is 9.57. The van der Waals surface area contributed by atoms with Crippen LogP contribution in [0.15, 0.2) is 35.0 Å². The quantitative estimate of drug-likeness (QED) is 0.756. The Balaban J connectivity index is 2.09. The second-order valence-electron chi connectivity index (χ2n) is 3.94. The van der Waals surface area contributed by atoms with Crippen molar-refractivity contribution in [1.29, 1.82) is 0 Å². The average molecular weight is 225 g/mol. The van der Waals surface area contributed by atoms with Gasteiger partial charge in [0.05, 0.1) is 11.1 Å². The fourth-order valence-corrected chi connectivity index (χ4v) is 1.86. The second kappa shape index (κ2) is 3.59. The molecule has 4 nitrogen and oxygen atoms in total. The number of aryl methyl sites for hydroxylation is 1. The van der Waals surface area contributed by atoms with Crippen LogP contribution < -0.4 is 10.6 Å². The van der Waals surface area contributed by atoms with E-state index < -0.39 is 0 Å². The Labute approximate surface area is 97.7 Å². The van der Waals surface area contributed by atoms with Crippen molar-refractivity contribution in [3.8, 4) is 5.88 Å². The molecule has 0 aliphatic carbocycles. The number of aromatic nitrogens is 2. The lowest BCUT2D eigenvalue weighted by Gasteiger charge is -1.89. The zero-order chi connectivity index (χ0) is 11.8. The van der Waals surface area contributed by atoms with Gasteiger partial charge in [0.2, 0.25) is 5.88 Å². The van der Waals surface area contributed by atoms with E-state index in [0.29, 0.717) is 11.5 Å². The lowest BCUT2D eigenvalue weighted by atomic mass is 10.2. The molecule has 3 rings (SSSR count). The van der Waals surface area contributed by atoms with Crippen LogP contribution in [0.1, 0.15) is 11.5 Å². The molecule has 2 aromatic rings. The standard InChI is InChI=1S/C13H11N3O/c1-8-14-12(13(17)15-8)7-10-6-9-4-2-3-5-11(9)16-10/h2-7,17H,1H3,(H,14,15)/b10-7+. The van der Waals surface area contributed by atoms with Crippen LogP contribution in [0.2, 0.25) is 0 Å². The van der Waals surface area contributed by atoms with Gasteiger partial charge in [-0.15, -0.1) is 0 Å². The van der Waals surface area contributed by atoms with E-state index in [1.54, 1.807) is 13.0 Å². The molecule has 0 fully saturated rings. The highest BCUT2D eigenvalue weighted by atomic mass is 16.3.